The highest BCUT2D eigenvalue weighted by atomic mass is 28.2. The molecule has 1 aromatic carbocycles. The minimum absolute atomic E-state index is 0.0864. The summed E-state index contributed by atoms with van der Waals surface area (Å²) in [6, 6.07) is 0. The first-order valence-electron chi connectivity index (χ1n) is 1.45. The van der Waals surface area contributed by atoms with Crippen LogP contribution in [-0.2, 0) is 0 Å². The lowest BCUT2D eigenvalue weighted by Gasteiger charge is -1.48. The summed E-state index contributed by atoms with van der Waals surface area (Å²) in [4.78, 5) is 10.0. The molecule has 0 saturated heterocycles. The van der Waals surface area contributed by atoms with Crippen LogP contribution in [0.3, 0.4) is 0 Å². The van der Waals surface area contributed by atoms with E-state index in [1.807, 2.05) is 0 Å². The lowest BCUT2D eigenvalue weighted by atomic mass is 11.1. The molecule has 1 rings (SSSR count). The van der Waals surface area contributed by atoms with Crippen LogP contribution in [0.15, 0.2) is 4.79 Å². The van der Waals surface area contributed by atoms with E-state index < -0.39 is 0 Å². The summed E-state index contributed by atoms with van der Waals surface area (Å²) in [6.07, 6.45) is 0. The van der Waals surface area contributed by atoms with E-state index in [9.17, 15) is 4.79 Å². The summed E-state index contributed by atoms with van der Waals surface area (Å²) in [5, 5.41) is 1.35. The van der Waals surface area contributed by atoms with Gasteiger partial charge < -0.3 is 0 Å². The number of hydrogen-bond acceptors (Lipinski definition) is 1. The topological polar surface area (TPSA) is 17.1 Å². The fourth-order valence-electron chi connectivity index (χ4n) is 0.170. The first kappa shape index (κ1) is 4.01. The second-order valence-corrected chi connectivity index (χ2v) is 2.08. The van der Waals surface area contributed by atoms with Crippen LogP contribution in [0.5, 0.6) is 0 Å². The quantitative estimate of drug-likeness (QED) is 0.336. The van der Waals surface area contributed by atoms with Crippen LogP contribution in [0.25, 0.3) is 0 Å². The smallest absolute Gasteiger partial charge is 0.175 e. The van der Waals surface area contributed by atoms with Crippen LogP contribution in [0.4, 0.5) is 0 Å². The Balaban J connectivity index is 3.11. The van der Waals surface area contributed by atoms with Gasteiger partial charge in [0.2, 0.25) is 0 Å². The van der Waals surface area contributed by atoms with E-state index in [-0.39, 0.29) is 5.43 Å². The summed E-state index contributed by atoms with van der Waals surface area (Å²) in [5.41, 5.74) is 0.0864. The van der Waals surface area contributed by atoms with E-state index in [1.54, 1.807) is 0 Å². The van der Waals surface area contributed by atoms with Crippen LogP contribution in [0.1, 0.15) is 0 Å². The maximum absolute atomic E-state index is 10.0. The Bertz CT molecular complexity index is 155. The number of hydrogen-bond donors (Lipinski definition) is 0. The third-order valence-corrected chi connectivity index (χ3v) is 1.85. The molecule has 0 unspecified atom stereocenters. The van der Waals surface area contributed by atoms with Gasteiger partial charge in [0.05, 0.1) is 20.5 Å². The molecule has 0 saturated carbocycles. The van der Waals surface area contributed by atoms with Crippen molar-refractivity contribution in [2.45, 2.75) is 0 Å². The summed E-state index contributed by atoms with van der Waals surface area (Å²) in [7, 11) is 6.08. The van der Waals surface area contributed by atoms with E-state index in [0.29, 0.717) is 10.4 Å². The fraction of sp³-hybridized carbons (Fsp3) is 0. The number of rotatable bonds is 0. The Hall–Kier alpha value is -0.156. The molecule has 0 amide bonds. The van der Waals surface area contributed by atoms with Crippen LogP contribution in [-0.4, -0.2) is 20.5 Å². The molecule has 1 aromatic rings. The SMILES string of the molecule is O=c1c([Si])c1[Si]. The Morgan fingerprint density at radius 3 is 1.33 bits per heavy atom. The summed E-state index contributed by atoms with van der Waals surface area (Å²) < 4.78 is 0. The first-order chi connectivity index (χ1) is 2.73. The Morgan fingerprint density at radius 2 is 1.33 bits per heavy atom. The largest absolute Gasteiger partial charge is 0.290 e. The molecule has 0 atom stereocenters. The molecule has 0 N–H and O–H groups in total. The molecule has 0 aliphatic heterocycles. The van der Waals surface area contributed by atoms with Gasteiger partial charge in [0.1, 0.15) is 0 Å². The van der Waals surface area contributed by atoms with Crippen molar-refractivity contribution in [2.24, 2.45) is 0 Å². The molecule has 26 valence electrons. The van der Waals surface area contributed by atoms with Gasteiger partial charge in [-0.25, -0.2) is 0 Å². The van der Waals surface area contributed by atoms with Gasteiger partial charge in [0.25, 0.3) is 0 Å². The lowest BCUT2D eigenvalue weighted by molar-refractivity contribution is 2.11. The highest BCUT2D eigenvalue weighted by Crippen LogP contribution is 1.50. The molecule has 0 aliphatic carbocycles. The minimum Gasteiger partial charge on any atom is -0.290 e. The van der Waals surface area contributed by atoms with Crippen LogP contribution >= 0.6 is 0 Å². The van der Waals surface area contributed by atoms with E-state index >= 15 is 0 Å². The van der Waals surface area contributed by atoms with Gasteiger partial charge in [-0.2, -0.15) is 0 Å². The van der Waals surface area contributed by atoms with Crippen molar-refractivity contribution in [1.29, 1.82) is 0 Å². The average Bonchev–Trinajstić information content (AvgIpc) is 1.94. The zero-order valence-corrected chi connectivity index (χ0v) is 4.91. The van der Waals surface area contributed by atoms with Crippen LogP contribution in [0.2, 0.25) is 0 Å². The molecule has 0 spiro atoms. The van der Waals surface area contributed by atoms with Gasteiger partial charge in [-0.15, -0.1) is 0 Å². The highest BCUT2D eigenvalue weighted by Gasteiger charge is 2.08. The first-order valence-corrected chi connectivity index (χ1v) is 2.45. The van der Waals surface area contributed by atoms with Crippen LogP contribution in [0, 0.1) is 0 Å². The predicted octanol–water partition coefficient (Wildman–Crippen LogP) is -2.49. The average molecular weight is 108 g/mol. The van der Waals surface area contributed by atoms with Crippen LogP contribution < -0.4 is 15.8 Å². The predicted molar refractivity (Wildman–Crippen MR) is 25.9 cm³/mol. The normalized spacial score (nSPS) is 10.3. The lowest BCUT2D eigenvalue weighted by Crippen LogP contribution is -1.98. The molecular weight excluding hydrogens is 108 g/mol. The molecule has 0 aromatic heterocycles. The van der Waals surface area contributed by atoms with Crippen molar-refractivity contribution in [3.63, 3.8) is 0 Å². The molecule has 1 nitrogen and oxygen atoms in total. The van der Waals surface area contributed by atoms with Crippen molar-refractivity contribution in [3.8, 4) is 0 Å². The van der Waals surface area contributed by atoms with Gasteiger partial charge in [-0.3, -0.25) is 4.79 Å². The molecular formula is C3OSi2. The second-order valence-electron chi connectivity index (χ2n) is 1.08. The van der Waals surface area contributed by atoms with Gasteiger partial charge in [0.15, 0.2) is 5.43 Å². The Morgan fingerprint density at radius 1 is 1.17 bits per heavy atom. The van der Waals surface area contributed by atoms with Crippen molar-refractivity contribution in [2.75, 3.05) is 0 Å². The van der Waals surface area contributed by atoms with Gasteiger partial charge in [-0.1, -0.05) is 0 Å². The summed E-state index contributed by atoms with van der Waals surface area (Å²) >= 11 is 0. The third-order valence-electron chi connectivity index (χ3n) is 0.642. The maximum atomic E-state index is 10.0. The van der Waals surface area contributed by atoms with E-state index in [4.69, 9.17) is 0 Å². The van der Waals surface area contributed by atoms with Crippen molar-refractivity contribution < 1.29 is 0 Å². The molecule has 6 heavy (non-hydrogen) atoms. The molecule has 3 heteroatoms. The molecule has 0 aliphatic rings. The van der Waals surface area contributed by atoms with E-state index in [0.717, 1.165) is 0 Å². The van der Waals surface area contributed by atoms with Gasteiger partial charge >= 0.3 is 0 Å². The van der Waals surface area contributed by atoms with E-state index in [1.165, 1.54) is 0 Å². The van der Waals surface area contributed by atoms with Crippen molar-refractivity contribution in [3.05, 3.63) is 10.2 Å². The fourth-order valence-corrected chi connectivity index (χ4v) is 0.647. The second kappa shape index (κ2) is 0.915. The molecule has 0 bridgehead atoms. The molecule has 6 radical (unpaired) electrons. The Labute approximate surface area is 41.9 Å². The zero-order valence-electron chi connectivity index (χ0n) is 2.91. The summed E-state index contributed by atoms with van der Waals surface area (Å²) in [5.74, 6) is 0. The highest BCUT2D eigenvalue weighted by molar-refractivity contribution is 6.54. The third kappa shape index (κ3) is 0.321. The zero-order chi connectivity index (χ0) is 4.73. The van der Waals surface area contributed by atoms with E-state index in [2.05, 4.69) is 20.5 Å². The van der Waals surface area contributed by atoms with Crippen molar-refractivity contribution in [1.82, 2.24) is 0 Å². The minimum atomic E-state index is 0.0864. The maximum Gasteiger partial charge on any atom is 0.175 e. The molecule has 0 heterocycles. The van der Waals surface area contributed by atoms with Crippen molar-refractivity contribution >= 4 is 30.9 Å². The Kier molecular flexibility index (Phi) is 0.612. The monoisotopic (exact) mass is 108 g/mol. The molecule has 0 fully saturated rings. The summed E-state index contributed by atoms with van der Waals surface area (Å²) in [6.45, 7) is 0. The van der Waals surface area contributed by atoms with Gasteiger partial charge in [0, 0.05) is 0 Å². The van der Waals surface area contributed by atoms with Gasteiger partial charge in [-0.05, 0) is 10.4 Å². The standard InChI is InChI=1S/C3OSi2/c4-1-2(5)3(1)6.